The van der Waals surface area contributed by atoms with E-state index in [1.165, 1.54) is 16.7 Å². The molecule has 3 heterocycles. The van der Waals surface area contributed by atoms with Gasteiger partial charge in [-0.2, -0.15) is 0 Å². The topological polar surface area (TPSA) is 62.1 Å². The van der Waals surface area contributed by atoms with Crippen molar-refractivity contribution in [2.45, 2.75) is 52.6 Å². The molecule has 0 spiro atoms. The summed E-state index contributed by atoms with van der Waals surface area (Å²) in [6.07, 6.45) is 6.16. The van der Waals surface area contributed by atoms with Crippen LogP contribution in [0.1, 0.15) is 43.2 Å². The molecule has 41 heavy (non-hydrogen) atoms. The highest BCUT2D eigenvalue weighted by Gasteiger charge is 2.50. The zero-order chi connectivity index (χ0) is 29.2. The van der Waals surface area contributed by atoms with E-state index in [1.54, 1.807) is 7.11 Å². The van der Waals surface area contributed by atoms with Crippen LogP contribution in [0.4, 0.5) is 0 Å². The van der Waals surface area contributed by atoms with E-state index < -0.39 is 8.32 Å². The fourth-order valence-corrected chi connectivity index (χ4v) is 10.8. The summed E-state index contributed by atoms with van der Waals surface area (Å²) >= 11 is 6.68. The minimum Gasteiger partial charge on any atom is -0.496 e. The summed E-state index contributed by atoms with van der Waals surface area (Å²) in [5.74, 6) is 0.859. The monoisotopic (exact) mass is 584 g/mol. The fourth-order valence-electron chi connectivity index (χ4n) is 5.94. The Balaban J connectivity index is 1.51. The summed E-state index contributed by atoms with van der Waals surface area (Å²) in [5, 5.41) is 3.73. The Kier molecular flexibility index (Phi) is 8.32. The molecule has 0 N–H and O–H groups in total. The number of aromatic nitrogens is 4. The van der Waals surface area contributed by atoms with Crippen molar-refractivity contribution in [2.75, 3.05) is 13.7 Å². The van der Waals surface area contributed by atoms with Gasteiger partial charge >= 0.3 is 0 Å². The predicted molar refractivity (Wildman–Crippen MR) is 169 cm³/mol. The van der Waals surface area contributed by atoms with Crippen molar-refractivity contribution in [3.05, 3.63) is 107 Å². The summed E-state index contributed by atoms with van der Waals surface area (Å²) < 4.78 is 14.9. The van der Waals surface area contributed by atoms with Gasteiger partial charge in [0.15, 0.2) is 0 Å². The Morgan fingerprint density at radius 3 is 2.12 bits per heavy atom. The van der Waals surface area contributed by atoms with E-state index in [9.17, 15) is 0 Å². The predicted octanol–water partition coefficient (Wildman–Crippen LogP) is 6.27. The van der Waals surface area contributed by atoms with Crippen LogP contribution in [-0.4, -0.2) is 41.6 Å². The van der Waals surface area contributed by atoms with E-state index in [4.69, 9.17) is 25.7 Å². The SMILES string of the molecule is COc1c(C)cnc(Cn2cc(CCO[Si](c3ccccc3)(c3ccccc3)C(C)(C)C)c3c(Cl)ncnc32)c1C. The zero-order valence-electron chi connectivity index (χ0n) is 24.6. The number of hydrogen-bond donors (Lipinski definition) is 0. The molecule has 0 bridgehead atoms. The van der Waals surface area contributed by atoms with Crippen molar-refractivity contribution in [3.63, 3.8) is 0 Å². The number of fused-ring (bicyclic) bond motifs is 1. The van der Waals surface area contributed by atoms with Crippen molar-refractivity contribution in [3.8, 4) is 5.75 Å². The van der Waals surface area contributed by atoms with Gasteiger partial charge in [0.05, 0.1) is 24.7 Å². The third-order valence-corrected chi connectivity index (χ3v) is 13.2. The maximum atomic E-state index is 7.17. The molecule has 6 nitrogen and oxygen atoms in total. The lowest BCUT2D eigenvalue weighted by Gasteiger charge is -2.43. The molecule has 0 radical (unpaired) electrons. The van der Waals surface area contributed by atoms with Crippen LogP contribution >= 0.6 is 11.6 Å². The van der Waals surface area contributed by atoms with Gasteiger partial charge in [-0.05, 0) is 41.2 Å². The Morgan fingerprint density at radius 2 is 1.54 bits per heavy atom. The summed E-state index contributed by atoms with van der Waals surface area (Å²) in [7, 11) is -0.961. The first-order valence-electron chi connectivity index (χ1n) is 13.9. The highest BCUT2D eigenvalue weighted by molar-refractivity contribution is 6.99. The number of nitrogens with zero attached hydrogens (tertiary/aromatic N) is 4. The van der Waals surface area contributed by atoms with Gasteiger partial charge in [0, 0.05) is 30.1 Å². The average molecular weight is 585 g/mol. The summed E-state index contributed by atoms with van der Waals surface area (Å²) in [4.78, 5) is 13.6. The second kappa shape index (κ2) is 11.8. The first-order chi connectivity index (χ1) is 19.7. The van der Waals surface area contributed by atoms with Gasteiger partial charge < -0.3 is 13.7 Å². The lowest BCUT2D eigenvalue weighted by Crippen LogP contribution is -2.66. The first-order valence-corrected chi connectivity index (χ1v) is 16.2. The van der Waals surface area contributed by atoms with Gasteiger partial charge in [0.2, 0.25) is 0 Å². The maximum Gasteiger partial charge on any atom is 0.261 e. The molecule has 0 unspecified atom stereocenters. The van der Waals surface area contributed by atoms with Crippen molar-refractivity contribution < 1.29 is 9.16 Å². The Labute approximate surface area is 248 Å². The quantitative estimate of drug-likeness (QED) is 0.151. The van der Waals surface area contributed by atoms with Crippen LogP contribution in [-0.2, 0) is 17.4 Å². The number of halogens is 1. The average Bonchev–Trinajstić information content (AvgIpc) is 3.31. The fraction of sp³-hybridized carbons (Fsp3) is 0.303. The van der Waals surface area contributed by atoms with Crippen LogP contribution in [0.2, 0.25) is 10.2 Å². The van der Waals surface area contributed by atoms with Crippen LogP contribution in [0.15, 0.2) is 79.4 Å². The minimum absolute atomic E-state index is 0.0991. The van der Waals surface area contributed by atoms with E-state index in [0.29, 0.717) is 24.7 Å². The molecule has 5 aromatic rings. The van der Waals surface area contributed by atoms with Gasteiger partial charge in [-0.3, -0.25) is 4.98 Å². The van der Waals surface area contributed by atoms with Gasteiger partial charge in [-0.15, -0.1) is 0 Å². The van der Waals surface area contributed by atoms with Crippen molar-refractivity contribution in [1.82, 2.24) is 19.5 Å². The van der Waals surface area contributed by atoms with Crippen LogP contribution in [0, 0.1) is 13.8 Å². The third-order valence-electron chi connectivity index (χ3n) is 7.86. The maximum absolute atomic E-state index is 7.17. The second-order valence-electron chi connectivity index (χ2n) is 11.5. The number of aryl methyl sites for hydroxylation is 1. The minimum atomic E-state index is -2.66. The standard InChI is InChI=1S/C33H37ClN4O2Si/c1-23-19-35-28(24(2)30(23)39-6)21-38-20-25(29-31(34)36-22-37-32(29)38)17-18-40-41(33(3,4)5,26-13-9-7-10-14-26)27-15-11-8-12-16-27/h7-16,19-20,22H,17-18,21H2,1-6H3. The lowest BCUT2D eigenvalue weighted by molar-refractivity contribution is 0.302. The van der Waals surface area contributed by atoms with Gasteiger partial charge in [-0.25, -0.2) is 9.97 Å². The molecule has 3 aromatic heterocycles. The molecule has 0 aliphatic carbocycles. The number of pyridine rings is 1. The highest BCUT2D eigenvalue weighted by Crippen LogP contribution is 2.37. The molecule has 0 fully saturated rings. The molecule has 5 rings (SSSR count). The molecule has 2 aromatic carbocycles. The summed E-state index contributed by atoms with van der Waals surface area (Å²) in [6.45, 7) is 12.0. The number of rotatable bonds is 9. The molecular formula is C33H37ClN4O2Si. The molecule has 0 saturated carbocycles. The van der Waals surface area contributed by atoms with Crippen LogP contribution in [0.3, 0.4) is 0 Å². The lowest BCUT2D eigenvalue weighted by atomic mass is 10.1. The largest absolute Gasteiger partial charge is 0.496 e. The molecule has 0 aliphatic rings. The molecule has 0 atom stereocenters. The van der Waals surface area contributed by atoms with E-state index in [0.717, 1.165) is 39.2 Å². The van der Waals surface area contributed by atoms with Gasteiger partial charge in [0.25, 0.3) is 8.32 Å². The van der Waals surface area contributed by atoms with Crippen LogP contribution < -0.4 is 15.1 Å². The Bertz CT molecular complexity index is 1610. The normalized spacial score (nSPS) is 12.2. The first kappa shape index (κ1) is 29.0. The van der Waals surface area contributed by atoms with Crippen molar-refractivity contribution >= 4 is 41.3 Å². The number of methoxy groups -OCH3 is 1. The number of ether oxygens (including phenoxy) is 1. The second-order valence-corrected chi connectivity index (χ2v) is 16.1. The summed E-state index contributed by atoms with van der Waals surface area (Å²) in [5.41, 5.74) is 4.80. The molecule has 0 amide bonds. The van der Waals surface area contributed by atoms with E-state index in [2.05, 4.69) is 102 Å². The van der Waals surface area contributed by atoms with Crippen molar-refractivity contribution in [2.24, 2.45) is 0 Å². The molecule has 0 aliphatic heterocycles. The number of hydrogen-bond acceptors (Lipinski definition) is 5. The van der Waals surface area contributed by atoms with E-state index >= 15 is 0 Å². The Morgan fingerprint density at radius 1 is 0.902 bits per heavy atom. The molecule has 212 valence electrons. The van der Waals surface area contributed by atoms with Gasteiger partial charge in [-0.1, -0.05) is 93.0 Å². The Hall–Kier alpha value is -3.52. The molecule has 8 heteroatoms. The third kappa shape index (κ3) is 5.42. The van der Waals surface area contributed by atoms with Crippen molar-refractivity contribution in [1.29, 1.82) is 0 Å². The highest BCUT2D eigenvalue weighted by atomic mass is 35.5. The van der Waals surface area contributed by atoms with E-state index in [-0.39, 0.29) is 5.04 Å². The molecular weight excluding hydrogens is 548 g/mol. The zero-order valence-corrected chi connectivity index (χ0v) is 26.4. The summed E-state index contributed by atoms with van der Waals surface area (Å²) in [6, 6.07) is 21.4. The van der Waals surface area contributed by atoms with Gasteiger partial charge in [0.1, 0.15) is 22.9 Å². The van der Waals surface area contributed by atoms with Crippen LogP contribution in [0.25, 0.3) is 11.0 Å². The van der Waals surface area contributed by atoms with Crippen LogP contribution in [0.5, 0.6) is 5.75 Å². The molecule has 0 saturated heterocycles. The number of benzene rings is 2. The van der Waals surface area contributed by atoms with E-state index in [1.807, 2.05) is 20.0 Å². The smallest absolute Gasteiger partial charge is 0.261 e.